The Balaban J connectivity index is 2.01. The number of hydrogen-bond donors (Lipinski definition) is 3. The quantitative estimate of drug-likeness (QED) is 0.520. The van der Waals surface area contributed by atoms with Crippen LogP contribution in [0.3, 0.4) is 0 Å². The van der Waals surface area contributed by atoms with Crippen molar-refractivity contribution < 1.29 is 9.53 Å². The van der Waals surface area contributed by atoms with Gasteiger partial charge in [-0.25, -0.2) is 4.79 Å². The normalized spacial score (nSPS) is 17.2. The Labute approximate surface area is 182 Å². The van der Waals surface area contributed by atoms with Crippen molar-refractivity contribution in [3.63, 3.8) is 0 Å². The molecular weight excluding hydrogens is 412 g/mol. The third-order valence-corrected chi connectivity index (χ3v) is 5.36. The second-order valence-electron chi connectivity index (χ2n) is 7.30. The number of fused-ring (bicyclic) bond motifs is 1. The Bertz CT molecular complexity index is 1350. The van der Waals surface area contributed by atoms with Crippen LogP contribution in [0.25, 0.3) is 11.3 Å². The van der Waals surface area contributed by atoms with Gasteiger partial charge in [0.05, 0.1) is 37.4 Å². The van der Waals surface area contributed by atoms with Gasteiger partial charge in [0.1, 0.15) is 11.7 Å². The number of carbonyl (C=O) groups is 1. The molecule has 1 aromatic carbocycles. The van der Waals surface area contributed by atoms with Crippen molar-refractivity contribution in [2.24, 2.45) is 5.92 Å². The molecule has 4 rings (SSSR count). The van der Waals surface area contributed by atoms with E-state index in [4.69, 9.17) is 10.00 Å². The Morgan fingerprint density at radius 1 is 1.28 bits per heavy atom. The van der Waals surface area contributed by atoms with Gasteiger partial charge in [0, 0.05) is 28.9 Å². The second kappa shape index (κ2) is 8.39. The van der Waals surface area contributed by atoms with E-state index in [9.17, 15) is 14.4 Å². The number of nitrogens with one attached hydrogen (secondary N) is 3. The highest BCUT2D eigenvalue weighted by Gasteiger charge is 2.43. The number of nitriles is 1. The first-order valence-corrected chi connectivity index (χ1v) is 9.84. The minimum absolute atomic E-state index is 0.165. The molecule has 0 spiro atoms. The molecule has 32 heavy (non-hydrogen) atoms. The molecule has 0 unspecified atom stereocenters. The van der Waals surface area contributed by atoms with Gasteiger partial charge in [-0.15, -0.1) is 0 Å². The van der Waals surface area contributed by atoms with Gasteiger partial charge in [0.15, 0.2) is 0 Å². The van der Waals surface area contributed by atoms with E-state index in [1.807, 2.05) is 30.3 Å². The molecule has 10 nitrogen and oxygen atoms in total. The molecule has 3 aromatic rings. The molecule has 2 atom stereocenters. The fraction of sp³-hybridized carbons (Fsp3) is 0.227. The lowest BCUT2D eigenvalue weighted by Crippen LogP contribution is -2.40. The fourth-order valence-corrected chi connectivity index (χ4v) is 4.00. The van der Waals surface area contributed by atoms with Crippen molar-refractivity contribution in [3.05, 3.63) is 80.8 Å². The first kappa shape index (κ1) is 20.9. The summed E-state index contributed by atoms with van der Waals surface area (Å²) in [5.74, 6) is -2.21. The molecule has 10 heteroatoms. The van der Waals surface area contributed by atoms with E-state index in [-0.39, 0.29) is 23.5 Å². The van der Waals surface area contributed by atoms with Crippen molar-refractivity contribution in [1.29, 1.82) is 5.26 Å². The smallest absolute Gasteiger partial charge is 0.327 e. The Morgan fingerprint density at radius 3 is 2.72 bits per heavy atom. The van der Waals surface area contributed by atoms with Crippen molar-refractivity contribution >= 4 is 11.8 Å². The maximum Gasteiger partial charge on any atom is 0.327 e. The molecule has 0 fully saturated rings. The van der Waals surface area contributed by atoms with Gasteiger partial charge >= 0.3 is 11.7 Å². The highest BCUT2D eigenvalue weighted by atomic mass is 16.5. The van der Waals surface area contributed by atoms with Crippen LogP contribution >= 0.6 is 0 Å². The van der Waals surface area contributed by atoms with Crippen LogP contribution in [0.4, 0.5) is 5.82 Å². The molecule has 0 saturated carbocycles. The van der Waals surface area contributed by atoms with E-state index in [2.05, 4.69) is 33.0 Å². The molecule has 0 saturated heterocycles. The van der Waals surface area contributed by atoms with E-state index < -0.39 is 29.1 Å². The summed E-state index contributed by atoms with van der Waals surface area (Å²) >= 11 is 0. The summed E-state index contributed by atoms with van der Waals surface area (Å²) in [6.45, 7) is 4.27. The predicted molar refractivity (Wildman–Crippen MR) is 116 cm³/mol. The van der Waals surface area contributed by atoms with Crippen LogP contribution in [0.15, 0.2) is 58.4 Å². The van der Waals surface area contributed by atoms with Crippen molar-refractivity contribution in [2.45, 2.75) is 18.9 Å². The maximum atomic E-state index is 12.9. The summed E-state index contributed by atoms with van der Waals surface area (Å²) in [5, 5.41) is 16.5. The number of benzene rings is 1. The predicted octanol–water partition coefficient (Wildman–Crippen LogP) is 1.70. The van der Waals surface area contributed by atoms with Crippen LogP contribution in [-0.4, -0.2) is 32.8 Å². The molecule has 3 heterocycles. The molecule has 162 valence electrons. The monoisotopic (exact) mass is 432 g/mol. The second-order valence-corrected chi connectivity index (χ2v) is 7.30. The summed E-state index contributed by atoms with van der Waals surface area (Å²) < 4.78 is 6.62. The summed E-state index contributed by atoms with van der Waals surface area (Å²) in [6.07, 6.45) is 1.95. The number of anilines is 1. The number of aryl methyl sites for hydroxylation is 1. The number of H-pyrrole nitrogens is 2. The van der Waals surface area contributed by atoms with Gasteiger partial charge in [-0.05, 0) is 0 Å². The van der Waals surface area contributed by atoms with Gasteiger partial charge in [0.2, 0.25) is 0 Å². The van der Waals surface area contributed by atoms with Crippen LogP contribution in [-0.2, 0) is 16.1 Å². The molecule has 3 N–H and O–H groups in total. The zero-order chi connectivity index (χ0) is 22.8. The third-order valence-electron chi connectivity index (χ3n) is 5.36. The minimum atomic E-state index is -0.949. The highest BCUT2D eigenvalue weighted by molar-refractivity contribution is 5.82. The number of rotatable bonds is 5. The average Bonchev–Trinajstić information content (AvgIpc) is 3.20. The summed E-state index contributed by atoms with van der Waals surface area (Å²) in [4.78, 5) is 42.4. The molecule has 0 amide bonds. The molecule has 1 aliphatic heterocycles. The first-order chi connectivity index (χ1) is 15.4. The van der Waals surface area contributed by atoms with Crippen LogP contribution < -0.4 is 16.6 Å². The average molecular weight is 432 g/mol. The fourth-order valence-electron chi connectivity index (χ4n) is 4.00. The maximum absolute atomic E-state index is 12.9. The van der Waals surface area contributed by atoms with E-state index in [1.54, 1.807) is 10.9 Å². The van der Waals surface area contributed by atoms with Crippen LogP contribution in [0, 0.1) is 17.2 Å². The van der Waals surface area contributed by atoms with Gasteiger partial charge in [0.25, 0.3) is 5.56 Å². The third kappa shape index (κ3) is 3.60. The van der Waals surface area contributed by atoms with E-state index >= 15 is 0 Å². The number of nitrogens with zero attached hydrogens (tertiary/aromatic N) is 3. The number of methoxy groups -OCH3 is 1. The van der Waals surface area contributed by atoms with E-state index in [0.29, 0.717) is 17.8 Å². The lowest BCUT2D eigenvalue weighted by molar-refractivity contribution is -0.144. The summed E-state index contributed by atoms with van der Waals surface area (Å²) in [5.41, 5.74) is 1.03. The molecule has 0 aliphatic carbocycles. The molecule has 2 aromatic heterocycles. The van der Waals surface area contributed by atoms with Gasteiger partial charge < -0.3 is 10.1 Å². The molecule has 1 aliphatic rings. The summed E-state index contributed by atoms with van der Waals surface area (Å²) in [7, 11) is 1.26. The standard InChI is InChI=1S/C22H20N6O4/c1-12-15(21(30)32-2)16(17-19(24-12)25-22(31)26-20(17)29)14-11-28(10-6-9-23)27-18(14)13-7-4-3-5-8-13/h3-5,7-8,11,15-16H,1,6,10H2,2H3,(H3,24,25,26,29,31)/t15-,16+/m0/s1. The Hall–Kier alpha value is -4.39. The topological polar surface area (TPSA) is 146 Å². The largest absolute Gasteiger partial charge is 0.468 e. The van der Waals surface area contributed by atoms with E-state index in [1.165, 1.54) is 7.11 Å². The number of carbonyl (C=O) groups excluding carboxylic acids is 1. The van der Waals surface area contributed by atoms with Gasteiger partial charge in [-0.1, -0.05) is 36.9 Å². The lowest BCUT2D eigenvalue weighted by Gasteiger charge is -2.33. The van der Waals surface area contributed by atoms with E-state index in [0.717, 1.165) is 5.56 Å². The van der Waals surface area contributed by atoms with Crippen molar-refractivity contribution in [2.75, 3.05) is 12.4 Å². The minimum Gasteiger partial charge on any atom is -0.468 e. The zero-order valence-electron chi connectivity index (χ0n) is 17.2. The highest BCUT2D eigenvalue weighted by Crippen LogP contribution is 2.44. The molecule has 0 radical (unpaired) electrons. The number of esters is 1. The van der Waals surface area contributed by atoms with Gasteiger partial charge in [-0.2, -0.15) is 10.4 Å². The number of aromatic amines is 2. The first-order valence-electron chi connectivity index (χ1n) is 9.84. The summed E-state index contributed by atoms with van der Waals surface area (Å²) in [6, 6.07) is 11.4. The lowest BCUT2D eigenvalue weighted by atomic mass is 9.77. The number of aromatic nitrogens is 4. The van der Waals surface area contributed by atoms with Crippen molar-refractivity contribution in [1.82, 2.24) is 19.7 Å². The Morgan fingerprint density at radius 2 is 2.03 bits per heavy atom. The number of ether oxygens (including phenoxy) is 1. The van der Waals surface area contributed by atoms with Crippen LogP contribution in [0.5, 0.6) is 0 Å². The number of hydrogen-bond acceptors (Lipinski definition) is 7. The molecule has 0 bridgehead atoms. The Kier molecular flexibility index (Phi) is 5.47. The van der Waals surface area contributed by atoms with Gasteiger partial charge in [-0.3, -0.25) is 24.2 Å². The SMILES string of the molecule is C=C1Nc2[nH]c(=O)[nH]c(=O)c2[C@H](c2cn(CCC#N)nc2-c2ccccc2)[C@H]1C(=O)OC. The zero-order valence-corrected chi connectivity index (χ0v) is 17.2. The van der Waals surface area contributed by atoms with Crippen LogP contribution in [0.1, 0.15) is 23.5 Å². The van der Waals surface area contributed by atoms with Crippen molar-refractivity contribution in [3.8, 4) is 17.3 Å². The molecular formula is C22H20N6O4. The van der Waals surface area contributed by atoms with Crippen LogP contribution in [0.2, 0.25) is 0 Å².